The largest absolute Gasteiger partial charge is 0.344 e. The lowest BCUT2D eigenvalue weighted by molar-refractivity contribution is -0.113. The standard InChI is InChI=1S/C17H22N4O2S/c1-3-11-6-5-7-12(4-2)15(11)18-14(22)10-24-17-20-19-16(23)21(17)13-8-9-13/h5-7,13H,3-4,8-10H2,1-2H3,(H,18,22)(H,19,23). The van der Waals surface area contributed by atoms with Gasteiger partial charge in [0.1, 0.15) is 0 Å². The molecule has 2 N–H and O–H groups in total. The van der Waals surface area contributed by atoms with Gasteiger partial charge in [-0.25, -0.2) is 9.89 Å². The van der Waals surface area contributed by atoms with Crippen LogP contribution in [0.4, 0.5) is 5.69 Å². The fourth-order valence-corrected chi connectivity index (χ4v) is 3.57. The Morgan fingerprint density at radius 1 is 1.33 bits per heavy atom. The maximum absolute atomic E-state index is 12.4. The minimum absolute atomic E-state index is 0.0756. The van der Waals surface area contributed by atoms with Crippen molar-refractivity contribution in [2.24, 2.45) is 0 Å². The van der Waals surface area contributed by atoms with E-state index in [1.54, 1.807) is 4.57 Å². The molecule has 1 amide bonds. The number of carbonyl (C=O) groups is 1. The molecule has 7 heteroatoms. The summed E-state index contributed by atoms with van der Waals surface area (Å²) in [4.78, 5) is 24.1. The van der Waals surface area contributed by atoms with Gasteiger partial charge in [-0.1, -0.05) is 43.8 Å². The number of rotatable bonds is 7. The number of aromatic nitrogens is 3. The van der Waals surface area contributed by atoms with Crippen molar-refractivity contribution < 1.29 is 4.79 Å². The third-order valence-electron chi connectivity index (χ3n) is 4.18. The van der Waals surface area contributed by atoms with Crippen LogP contribution < -0.4 is 11.0 Å². The SMILES string of the molecule is CCc1cccc(CC)c1NC(=O)CSc1n[nH]c(=O)n1C1CC1. The summed E-state index contributed by atoms with van der Waals surface area (Å²) in [6.07, 6.45) is 3.75. The van der Waals surface area contributed by atoms with Gasteiger partial charge in [0, 0.05) is 11.7 Å². The van der Waals surface area contributed by atoms with Crippen LogP contribution in [0.5, 0.6) is 0 Å². The molecule has 1 aromatic heterocycles. The van der Waals surface area contributed by atoms with Gasteiger partial charge in [0.25, 0.3) is 0 Å². The average Bonchev–Trinajstić information content (AvgIpc) is 3.36. The van der Waals surface area contributed by atoms with E-state index in [0.29, 0.717) is 5.16 Å². The van der Waals surface area contributed by atoms with Gasteiger partial charge in [-0.3, -0.25) is 9.36 Å². The molecule has 0 bridgehead atoms. The van der Waals surface area contributed by atoms with E-state index in [1.165, 1.54) is 11.8 Å². The number of thioether (sulfide) groups is 1. The fraction of sp³-hybridized carbons (Fsp3) is 0.471. The lowest BCUT2D eigenvalue weighted by atomic mass is 10.0. The summed E-state index contributed by atoms with van der Waals surface area (Å²) in [5.41, 5.74) is 3.02. The van der Waals surface area contributed by atoms with Crippen molar-refractivity contribution in [2.45, 2.75) is 50.7 Å². The molecule has 0 radical (unpaired) electrons. The minimum atomic E-state index is -0.190. The van der Waals surface area contributed by atoms with Crippen LogP contribution in [0, 0.1) is 0 Å². The molecule has 128 valence electrons. The van der Waals surface area contributed by atoms with Crippen molar-refractivity contribution >= 4 is 23.4 Å². The van der Waals surface area contributed by atoms with Gasteiger partial charge >= 0.3 is 5.69 Å². The highest BCUT2D eigenvalue weighted by molar-refractivity contribution is 7.99. The van der Waals surface area contributed by atoms with Crippen LogP contribution in [0.25, 0.3) is 0 Å². The average molecular weight is 346 g/mol. The van der Waals surface area contributed by atoms with Crippen molar-refractivity contribution in [1.82, 2.24) is 14.8 Å². The zero-order valence-corrected chi connectivity index (χ0v) is 14.8. The van der Waals surface area contributed by atoms with E-state index in [2.05, 4.69) is 29.4 Å². The number of para-hydroxylation sites is 1. The van der Waals surface area contributed by atoms with E-state index in [-0.39, 0.29) is 23.4 Å². The number of hydrogen-bond acceptors (Lipinski definition) is 4. The number of carbonyl (C=O) groups excluding carboxylic acids is 1. The molecular weight excluding hydrogens is 324 g/mol. The number of nitrogens with zero attached hydrogens (tertiary/aromatic N) is 2. The number of anilines is 1. The third kappa shape index (κ3) is 3.56. The number of amides is 1. The number of benzene rings is 1. The molecule has 1 aliphatic rings. The highest BCUT2D eigenvalue weighted by Crippen LogP contribution is 2.36. The smallest absolute Gasteiger partial charge is 0.325 e. The van der Waals surface area contributed by atoms with Gasteiger partial charge in [-0.15, -0.1) is 5.10 Å². The van der Waals surface area contributed by atoms with E-state index in [9.17, 15) is 9.59 Å². The summed E-state index contributed by atoms with van der Waals surface area (Å²) in [5, 5.41) is 10.1. The first-order valence-electron chi connectivity index (χ1n) is 8.34. The molecule has 1 saturated carbocycles. The molecule has 0 aliphatic heterocycles. The first-order valence-corrected chi connectivity index (χ1v) is 9.32. The summed E-state index contributed by atoms with van der Waals surface area (Å²) >= 11 is 1.30. The predicted molar refractivity (Wildman–Crippen MR) is 95.7 cm³/mol. The molecule has 0 saturated heterocycles. The monoisotopic (exact) mass is 346 g/mol. The molecule has 1 fully saturated rings. The number of H-pyrrole nitrogens is 1. The van der Waals surface area contributed by atoms with Crippen LogP contribution in [-0.2, 0) is 17.6 Å². The second-order valence-electron chi connectivity index (χ2n) is 5.91. The van der Waals surface area contributed by atoms with E-state index in [0.717, 1.165) is 42.5 Å². The second-order valence-corrected chi connectivity index (χ2v) is 6.85. The predicted octanol–water partition coefficient (Wildman–Crippen LogP) is 2.76. The summed E-state index contributed by atoms with van der Waals surface area (Å²) in [6, 6.07) is 6.36. The summed E-state index contributed by atoms with van der Waals surface area (Å²) in [5.74, 6) is 0.159. The Bertz CT molecular complexity index is 770. The van der Waals surface area contributed by atoms with Crippen molar-refractivity contribution in [1.29, 1.82) is 0 Å². The van der Waals surface area contributed by atoms with Crippen LogP contribution >= 0.6 is 11.8 Å². The maximum atomic E-state index is 12.4. The molecule has 0 unspecified atom stereocenters. The molecule has 0 spiro atoms. The maximum Gasteiger partial charge on any atom is 0.344 e. The lowest BCUT2D eigenvalue weighted by Crippen LogP contribution is -2.19. The minimum Gasteiger partial charge on any atom is -0.325 e. The Balaban J connectivity index is 1.68. The quantitative estimate of drug-likeness (QED) is 0.756. The van der Waals surface area contributed by atoms with Crippen LogP contribution in [0.3, 0.4) is 0 Å². The van der Waals surface area contributed by atoms with Crippen molar-refractivity contribution in [3.63, 3.8) is 0 Å². The summed E-state index contributed by atoms with van der Waals surface area (Å²) < 4.78 is 1.66. The molecule has 1 aliphatic carbocycles. The Morgan fingerprint density at radius 2 is 2.00 bits per heavy atom. The molecule has 24 heavy (non-hydrogen) atoms. The topological polar surface area (TPSA) is 79.8 Å². The van der Waals surface area contributed by atoms with E-state index >= 15 is 0 Å². The van der Waals surface area contributed by atoms with Crippen molar-refractivity contribution in [3.05, 3.63) is 39.8 Å². The number of nitrogens with one attached hydrogen (secondary N) is 2. The Hall–Kier alpha value is -2.02. The Kier molecular flexibility index (Phi) is 5.08. The molecule has 2 aromatic rings. The zero-order chi connectivity index (χ0) is 17.1. The number of aryl methyl sites for hydroxylation is 2. The van der Waals surface area contributed by atoms with Crippen molar-refractivity contribution in [3.8, 4) is 0 Å². The van der Waals surface area contributed by atoms with E-state index < -0.39 is 0 Å². The fourth-order valence-electron chi connectivity index (χ4n) is 2.76. The van der Waals surface area contributed by atoms with Crippen LogP contribution in [-0.4, -0.2) is 26.4 Å². The highest BCUT2D eigenvalue weighted by atomic mass is 32.2. The molecule has 1 heterocycles. The third-order valence-corrected chi connectivity index (χ3v) is 5.13. The van der Waals surface area contributed by atoms with Gasteiger partial charge in [0.15, 0.2) is 5.16 Å². The molecule has 6 nitrogen and oxygen atoms in total. The van der Waals surface area contributed by atoms with E-state index in [4.69, 9.17) is 0 Å². The zero-order valence-electron chi connectivity index (χ0n) is 14.0. The molecular formula is C17H22N4O2S. The lowest BCUT2D eigenvalue weighted by Gasteiger charge is -2.14. The summed E-state index contributed by atoms with van der Waals surface area (Å²) in [7, 11) is 0. The van der Waals surface area contributed by atoms with Crippen molar-refractivity contribution in [2.75, 3.05) is 11.1 Å². The first kappa shape index (κ1) is 16.8. The van der Waals surface area contributed by atoms with Crippen LogP contribution in [0.1, 0.15) is 43.9 Å². The molecule has 3 rings (SSSR count). The van der Waals surface area contributed by atoms with E-state index in [1.807, 2.05) is 18.2 Å². The molecule has 0 atom stereocenters. The molecule has 1 aromatic carbocycles. The summed E-state index contributed by atoms with van der Waals surface area (Å²) in [6.45, 7) is 4.16. The van der Waals surface area contributed by atoms with Gasteiger partial charge in [0.05, 0.1) is 5.75 Å². The number of hydrogen-bond donors (Lipinski definition) is 2. The highest BCUT2D eigenvalue weighted by Gasteiger charge is 2.28. The van der Waals surface area contributed by atoms with Gasteiger partial charge in [0.2, 0.25) is 5.91 Å². The van der Waals surface area contributed by atoms with Gasteiger partial charge in [-0.05, 0) is 36.8 Å². The number of aromatic amines is 1. The van der Waals surface area contributed by atoms with Crippen LogP contribution in [0.2, 0.25) is 0 Å². The Labute approximate surface area is 145 Å². The first-order chi connectivity index (χ1) is 11.6. The second kappa shape index (κ2) is 7.25. The Morgan fingerprint density at radius 3 is 2.58 bits per heavy atom. The van der Waals surface area contributed by atoms with Gasteiger partial charge in [-0.2, -0.15) is 0 Å². The van der Waals surface area contributed by atoms with Gasteiger partial charge < -0.3 is 5.32 Å². The normalized spacial score (nSPS) is 13.9. The van der Waals surface area contributed by atoms with Crippen LogP contribution in [0.15, 0.2) is 28.2 Å².